The van der Waals surface area contributed by atoms with Gasteiger partial charge in [-0.1, -0.05) is 17.7 Å². The van der Waals surface area contributed by atoms with Crippen LogP contribution in [0.15, 0.2) is 52.2 Å². The maximum absolute atomic E-state index is 13.3. The molecule has 0 aliphatic rings. The quantitative estimate of drug-likeness (QED) is 0.652. The molecule has 7 heteroatoms. The number of aromatic nitrogens is 1. The van der Waals surface area contributed by atoms with E-state index in [1.807, 2.05) is 6.92 Å². The van der Waals surface area contributed by atoms with Crippen molar-refractivity contribution in [1.82, 2.24) is 3.97 Å². The fraction of sp³-hybridized carbons (Fsp3) is 0.211. The molecule has 0 radical (unpaired) electrons. The minimum absolute atomic E-state index is 0.141. The van der Waals surface area contributed by atoms with E-state index >= 15 is 0 Å². The smallest absolute Gasteiger partial charge is 0.340 e. The van der Waals surface area contributed by atoms with Crippen molar-refractivity contribution in [2.75, 3.05) is 7.11 Å². The van der Waals surface area contributed by atoms with E-state index in [0.717, 1.165) is 5.56 Å². The molecular formula is C19H19NO5S. The van der Waals surface area contributed by atoms with Crippen LogP contribution < -0.4 is 0 Å². The highest BCUT2D eigenvalue weighted by molar-refractivity contribution is 7.90. The molecule has 26 heavy (non-hydrogen) atoms. The summed E-state index contributed by atoms with van der Waals surface area (Å²) in [6, 6.07) is 8.23. The molecule has 6 nitrogen and oxygen atoms in total. The van der Waals surface area contributed by atoms with Crippen LogP contribution in [0.1, 0.15) is 27.2 Å². The molecule has 0 aliphatic carbocycles. The third-order valence-corrected chi connectivity index (χ3v) is 6.15. The number of methoxy groups -OCH3 is 1. The molecule has 0 unspecified atom stereocenters. The lowest BCUT2D eigenvalue weighted by atomic mass is 10.1. The lowest BCUT2D eigenvalue weighted by Crippen LogP contribution is -2.16. The summed E-state index contributed by atoms with van der Waals surface area (Å²) >= 11 is 0. The van der Waals surface area contributed by atoms with E-state index in [0.29, 0.717) is 22.5 Å². The van der Waals surface area contributed by atoms with Crippen molar-refractivity contribution in [2.45, 2.75) is 25.7 Å². The van der Waals surface area contributed by atoms with Crippen molar-refractivity contribution < 1.29 is 22.4 Å². The van der Waals surface area contributed by atoms with Gasteiger partial charge in [0.05, 0.1) is 35.8 Å². The standard InChI is InChI=1S/C19H19NO5S/c1-12-5-7-16(8-6-12)26(22,23)20-14(3)17(19(21)24-4)13(2)18(20)15-9-10-25-11-15/h5-11H,1-4H3. The van der Waals surface area contributed by atoms with Gasteiger partial charge < -0.3 is 9.15 Å². The molecule has 1 aromatic carbocycles. The molecule has 0 aliphatic heterocycles. The van der Waals surface area contributed by atoms with Crippen molar-refractivity contribution >= 4 is 16.0 Å². The van der Waals surface area contributed by atoms with Crippen molar-refractivity contribution in [1.29, 1.82) is 0 Å². The number of benzene rings is 1. The number of hydrogen-bond donors (Lipinski definition) is 0. The highest BCUT2D eigenvalue weighted by atomic mass is 32.2. The van der Waals surface area contributed by atoms with Gasteiger partial charge in [0.25, 0.3) is 10.0 Å². The number of ether oxygens (including phenoxy) is 1. The van der Waals surface area contributed by atoms with E-state index in [4.69, 9.17) is 9.15 Å². The van der Waals surface area contributed by atoms with Gasteiger partial charge in [-0.05, 0) is 44.5 Å². The van der Waals surface area contributed by atoms with E-state index in [1.54, 1.807) is 44.2 Å². The van der Waals surface area contributed by atoms with E-state index in [2.05, 4.69) is 0 Å². The lowest BCUT2D eigenvalue weighted by molar-refractivity contribution is 0.0599. The van der Waals surface area contributed by atoms with Gasteiger partial charge in [0.2, 0.25) is 0 Å². The molecule has 0 atom stereocenters. The maximum Gasteiger partial charge on any atom is 0.340 e. The molecule has 3 aromatic rings. The van der Waals surface area contributed by atoms with Gasteiger partial charge in [-0.3, -0.25) is 0 Å². The predicted molar refractivity (Wildman–Crippen MR) is 96.7 cm³/mol. The first-order valence-corrected chi connectivity index (χ1v) is 9.38. The second-order valence-electron chi connectivity index (χ2n) is 6.02. The van der Waals surface area contributed by atoms with Crippen LogP contribution in [0.3, 0.4) is 0 Å². The van der Waals surface area contributed by atoms with Crippen molar-refractivity contribution in [3.8, 4) is 11.3 Å². The van der Waals surface area contributed by atoms with Crippen LogP contribution in [0, 0.1) is 20.8 Å². The van der Waals surface area contributed by atoms with E-state index < -0.39 is 16.0 Å². The summed E-state index contributed by atoms with van der Waals surface area (Å²) in [4.78, 5) is 12.4. The van der Waals surface area contributed by atoms with Gasteiger partial charge in [0.15, 0.2) is 0 Å². The predicted octanol–water partition coefficient (Wildman–Crippen LogP) is 3.70. The van der Waals surface area contributed by atoms with Crippen LogP contribution in [0.2, 0.25) is 0 Å². The van der Waals surface area contributed by atoms with Gasteiger partial charge in [-0.2, -0.15) is 0 Å². The summed E-state index contributed by atoms with van der Waals surface area (Å²) in [5, 5.41) is 0. The minimum Gasteiger partial charge on any atom is -0.472 e. The van der Waals surface area contributed by atoms with Crippen LogP contribution in [0.25, 0.3) is 11.3 Å². The topological polar surface area (TPSA) is 78.5 Å². The highest BCUT2D eigenvalue weighted by Crippen LogP contribution is 2.35. The summed E-state index contributed by atoms with van der Waals surface area (Å²) < 4.78 is 37.8. The van der Waals surface area contributed by atoms with Gasteiger partial charge >= 0.3 is 5.97 Å². The van der Waals surface area contributed by atoms with Gasteiger partial charge in [-0.15, -0.1) is 0 Å². The normalized spacial score (nSPS) is 11.5. The first kappa shape index (κ1) is 18.0. The Morgan fingerprint density at radius 1 is 1.08 bits per heavy atom. The van der Waals surface area contributed by atoms with Gasteiger partial charge in [0.1, 0.15) is 0 Å². The molecule has 0 saturated heterocycles. The Kier molecular flexibility index (Phi) is 4.50. The molecular weight excluding hydrogens is 354 g/mol. The highest BCUT2D eigenvalue weighted by Gasteiger charge is 2.31. The number of carbonyl (C=O) groups excluding carboxylic acids is 1. The molecule has 0 spiro atoms. The number of nitrogens with zero attached hydrogens (tertiary/aromatic N) is 1. The molecule has 0 bridgehead atoms. The summed E-state index contributed by atoms with van der Waals surface area (Å²) in [6.45, 7) is 5.17. The number of furan rings is 1. The monoisotopic (exact) mass is 373 g/mol. The molecule has 3 rings (SSSR count). The van der Waals surface area contributed by atoms with E-state index in [9.17, 15) is 13.2 Å². The number of carbonyl (C=O) groups is 1. The summed E-state index contributed by atoms with van der Waals surface area (Å²) in [5.74, 6) is -0.581. The Morgan fingerprint density at radius 3 is 2.27 bits per heavy atom. The number of rotatable bonds is 4. The summed E-state index contributed by atoms with van der Waals surface area (Å²) in [6.07, 6.45) is 2.90. The van der Waals surface area contributed by atoms with Crippen LogP contribution in [-0.2, 0) is 14.8 Å². The average molecular weight is 373 g/mol. The lowest BCUT2D eigenvalue weighted by Gasteiger charge is -2.13. The first-order chi connectivity index (χ1) is 12.3. The molecule has 2 heterocycles. The average Bonchev–Trinajstić information content (AvgIpc) is 3.21. The molecule has 2 aromatic heterocycles. The molecule has 0 N–H and O–H groups in total. The van der Waals surface area contributed by atoms with Crippen LogP contribution in [0.5, 0.6) is 0 Å². The Labute approximate surface area is 152 Å². The molecule has 0 fully saturated rings. The van der Waals surface area contributed by atoms with Crippen LogP contribution in [-0.4, -0.2) is 25.5 Å². The first-order valence-electron chi connectivity index (χ1n) is 7.94. The fourth-order valence-corrected chi connectivity index (χ4v) is 4.69. The number of aryl methyl sites for hydroxylation is 1. The number of esters is 1. The minimum atomic E-state index is -3.92. The largest absolute Gasteiger partial charge is 0.472 e. The van der Waals surface area contributed by atoms with E-state index in [-0.39, 0.29) is 10.5 Å². The maximum atomic E-state index is 13.3. The summed E-state index contributed by atoms with van der Waals surface area (Å²) in [5.41, 5.74) is 2.96. The fourth-order valence-electron chi connectivity index (χ4n) is 3.06. The second-order valence-corrected chi connectivity index (χ2v) is 7.81. The summed E-state index contributed by atoms with van der Waals surface area (Å²) in [7, 11) is -2.65. The third kappa shape index (κ3) is 2.74. The zero-order chi connectivity index (χ0) is 19.1. The zero-order valence-electron chi connectivity index (χ0n) is 14.9. The Balaban J connectivity index is 2.36. The second kappa shape index (κ2) is 6.49. The SMILES string of the molecule is COC(=O)c1c(C)c(-c2ccoc2)n(S(=O)(=O)c2ccc(C)cc2)c1C. The van der Waals surface area contributed by atoms with Crippen molar-refractivity contribution in [3.05, 3.63) is 65.2 Å². The van der Waals surface area contributed by atoms with Crippen LogP contribution in [0.4, 0.5) is 0 Å². The van der Waals surface area contributed by atoms with E-state index in [1.165, 1.54) is 23.6 Å². The van der Waals surface area contributed by atoms with Crippen molar-refractivity contribution in [3.63, 3.8) is 0 Å². The molecule has 0 amide bonds. The Hall–Kier alpha value is -2.80. The molecule has 136 valence electrons. The third-order valence-electron chi connectivity index (χ3n) is 4.34. The Morgan fingerprint density at radius 2 is 1.73 bits per heavy atom. The zero-order valence-corrected chi connectivity index (χ0v) is 15.8. The van der Waals surface area contributed by atoms with Crippen LogP contribution >= 0.6 is 0 Å². The van der Waals surface area contributed by atoms with Crippen molar-refractivity contribution in [2.24, 2.45) is 0 Å². The number of hydrogen-bond acceptors (Lipinski definition) is 5. The molecule has 0 saturated carbocycles. The van der Waals surface area contributed by atoms with Gasteiger partial charge in [-0.25, -0.2) is 17.2 Å². The van der Waals surface area contributed by atoms with Gasteiger partial charge in [0, 0.05) is 11.3 Å². The Bertz CT molecular complexity index is 1060.